The van der Waals surface area contributed by atoms with Crippen molar-refractivity contribution in [3.8, 4) is 11.5 Å². The van der Waals surface area contributed by atoms with Crippen molar-refractivity contribution in [3.63, 3.8) is 0 Å². The van der Waals surface area contributed by atoms with Gasteiger partial charge in [-0.15, -0.1) is 12.3 Å². The molecule has 0 unspecified atom stereocenters. The van der Waals surface area contributed by atoms with Crippen LogP contribution in [0.25, 0.3) is 0 Å². The fourth-order valence-electron chi connectivity index (χ4n) is 5.13. The van der Waals surface area contributed by atoms with E-state index < -0.39 is 0 Å². The molecule has 1 saturated carbocycles. The number of nitrogens with zero attached hydrogens (tertiary/aromatic N) is 2. The fraction of sp³-hybridized carbons (Fsp3) is 0.583. The van der Waals surface area contributed by atoms with Crippen molar-refractivity contribution in [2.24, 2.45) is 9.98 Å². The maximum atomic E-state index is 11.2. The average molecular weight is 672 g/mol. The van der Waals surface area contributed by atoms with E-state index >= 15 is 0 Å². The summed E-state index contributed by atoms with van der Waals surface area (Å²) in [7, 11) is 0. The zero-order chi connectivity index (χ0) is 30.3. The zero-order valence-corrected chi connectivity index (χ0v) is 31.0. The van der Waals surface area contributed by atoms with E-state index in [4.69, 9.17) is 9.98 Å². The first-order chi connectivity index (χ1) is 18.2. The number of halogens is 2. The Labute approximate surface area is 285 Å². The third-order valence-electron chi connectivity index (χ3n) is 7.94. The quantitative estimate of drug-likeness (QED) is 0.298. The predicted molar refractivity (Wildman–Crippen MR) is 172 cm³/mol. The first-order valence-corrected chi connectivity index (χ1v) is 14.9. The molecule has 43 heavy (non-hydrogen) atoms. The van der Waals surface area contributed by atoms with Crippen LogP contribution in [-0.4, -0.2) is 28.7 Å². The molecular formula is C36H53Cl2MnN2O2. The van der Waals surface area contributed by atoms with Crippen molar-refractivity contribution >= 4 is 12.4 Å². The van der Waals surface area contributed by atoms with Gasteiger partial charge in [0, 0.05) is 23.4 Å². The molecule has 0 amide bonds. The number of aromatic hydroxyl groups is 2. The van der Waals surface area contributed by atoms with E-state index in [-0.39, 0.29) is 69.6 Å². The Kier molecular flexibility index (Phi) is 14.5. The van der Waals surface area contributed by atoms with Crippen molar-refractivity contribution < 1.29 is 52.1 Å². The summed E-state index contributed by atoms with van der Waals surface area (Å²) in [6.07, 6.45) is 7.67. The van der Waals surface area contributed by atoms with Gasteiger partial charge < -0.3 is 45.0 Å². The van der Waals surface area contributed by atoms with Gasteiger partial charge in [0.25, 0.3) is 0 Å². The van der Waals surface area contributed by atoms with Crippen molar-refractivity contribution in [3.05, 3.63) is 63.7 Å². The van der Waals surface area contributed by atoms with Crippen molar-refractivity contribution in [1.82, 2.24) is 0 Å². The minimum atomic E-state index is -0.186. The second-order valence-electron chi connectivity index (χ2n) is 15.7. The molecule has 4 nitrogen and oxygen atoms in total. The molecule has 1 aliphatic carbocycles. The summed E-state index contributed by atoms with van der Waals surface area (Å²) in [5.74, 6) is 0.614. The SMILES string of the molecule is CC(C)(C)c1cc(C=N[C-]2CCCC[C@@H]2N=Cc2cc(C(C)(C)C)cc(C(C)(C)C)c2O)c(O)c(C(C)(C)C)c1.[Cl-].[Cl-].[Mn+3]. The van der Waals surface area contributed by atoms with Crippen LogP contribution in [0.3, 0.4) is 0 Å². The maximum absolute atomic E-state index is 11.2. The van der Waals surface area contributed by atoms with Crippen LogP contribution in [-0.2, 0) is 38.7 Å². The van der Waals surface area contributed by atoms with Crippen molar-refractivity contribution in [1.29, 1.82) is 0 Å². The van der Waals surface area contributed by atoms with Crippen LogP contribution in [0.5, 0.6) is 11.5 Å². The number of aliphatic imine (C=N–C) groups is 2. The molecule has 2 aromatic carbocycles. The normalized spacial score (nSPS) is 16.6. The van der Waals surface area contributed by atoms with Gasteiger partial charge in [-0.05, 0) is 56.4 Å². The second kappa shape index (κ2) is 15.1. The van der Waals surface area contributed by atoms with Gasteiger partial charge in [-0.1, -0.05) is 121 Å². The van der Waals surface area contributed by atoms with Gasteiger partial charge in [-0.2, -0.15) is 0 Å². The average Bonchev–Trinajstić information content (AvgIpc) is 2.80. The summed E-state index contributed by atoms with van der Waals surface area (Å²) < 4.78 is 0. The van der Waals surface area contributed by atoms with Crippen molar-refractivity contribution in [2.45, 2.75) is 136 Å². The second-order valence-corrected chi connectivity index (χ2v) is 15.7. The molecule has 1 aliphatic rings. The summed E-state index contributed by atoms with van der Waals surface area (Å²) in [6.45, 7) is 26.0. The van der Waals surface area contributed by atoms with Crippen LogP contribution in [0.2, 0.25) is 0 Å². The minimum absolute atomic E-state index is 0. The number of hydrogen-bond donors (Lipinski definition) is 2. The number of phenols is 2. The predicted octanol–water partition coefficient (Wildman–Crippen LogP) is 3.31. The van der Waals surface area contributed by atoms with Gasteiger partial charge in [0.2, 0.25) is 0 Å². The summed E-state index contributed by atoms with van der Waals surface area (Å²) in [6, 6.07) is 9.40. The van der Waals surface area contributed by atoms with Crippen LogP contribution < -0.4 is 24.8 Å². The molecule has 2 N–H and O–H groups in total. The molecule has 1 fully saturated rings. The summed E-state index contributed by atoms with van der Waals surface area (Å²) in [5.41, 5.74) is 5.30. The molecule has 1 atom stereocenters. The van der Waals surface area contributed by atoms with Crippen LogP contribution in [0, 0.1) is 6.04 Å². The summed E-state index contributed by atoms with van der Waals surface area (Å²) >= 11 is 0. The van der Waals surface area contributed by atoms with Gasteiger partial charge in [-0.25, -0.2) is 0 Å². The summed E-state index contributed by atoms with van der Waals surface area (Å²) in [4.78, 5) is 9.94. The smallest absolute Gasteiger partial charge is 1.00 e. The molecule has 7 heteroatoms. The first kappa shape index (κ1) is 41.3. The van der Waals surface area contributed by atoms with Crippen LogP contribution in [0.15, 0.2) is 34.3 Å². The Hall–Kier alpha value is -1.65. The minimum Gasteiger partial charge on any atom is -1.00 e. The van der Waals surface area contributed by atoms with Crippen molar-refractivity contribution in [2.75, 3.05) is 0 Å². The molecule has 0 aliphatic heterocycles. The molecule has 240 valence electrons. The molecule has 0 heterocycles. The van der Waals surface area contributed by atoms with E-state index in [1.54, 1.807) is 0 Å². The molecule has 0 spiro atoms. The van der Waals surface area contributed by atoms with E-state index in [1.165, 1.54) is 11.1 Å². The van der Waals surface area contributed by atoms with Gasteiger partial charge in [0.15, 0.2) is 0 Å². The van der Waals surface area contributed by atoms with E-state index in [0.717, 1.165) is 54.0 Å². The molecule has 0 radical (unpaired) electrons. The molecular weight excluding hydrogens is 618 g/mol. The number of benzene rings is 2. The Morgan fingerprint density at radius 1 is 0.651 bits per heavy atom. The zero-order valence-electron chi connectivity index (χ0n) is 28.3. The van der Waals surface area contributed by atoms with E-state index in [1.807, 2.05) is 12.4 Å². The molecule has 2 aromatic rings. The van der Waals surface area contributed by atoms with E-state index in [2.05, 4.69) is 107 Å². The van der Waals surface area contributed by atoms with Gasteiger partial charge in [0.05, 0.1) is 0 Å². The largest absolute Gasteiger partial charge is 3.00 e. The van der Waals surface area contributed by atoms with Crippen LogP contribution in [0.4, 0.5) is 0 Å². The Balaban J connectivity index is 0.00000588. The van der Waals surface area contributed by atoms with Crippen LogP contribution >= 0.6 is 0 Å². The van der Waals surface area contributed by atoms with Gasteiger partial charge in [-0.3, -0.25) is 0 Å². The van der Waals surface area contributed by atoms with Crippen LogP contribution in [0.1, 0.15) is 142 Å². The monoisotopic (exact) mass is 670 g/mol. The number of hydrogen-bond acceptors (Lipinski definition) is 4. The third-order valence-corrected chi connectivity index (χ3v) is 7.94. The Morgan fingerprint density at radius 3 is 1.47 bits per heavy atom. The maximum Gasteiger partial charge on any atom is 3.00 e. The molecule has 0 bridgehead atoms. The Bertz CT molecular complexity index is 1180. The number of phenolic OH excluding ortho intramolecular Hbond substituents is 2. The van der Waals surface area contributed by atoms with E-state index in [0.29, 0.717) is 11.5 Å². The molecule has 0 aromatic heterocycles. The fourth-order valence-corrected chi connectivity index (χ4v) is 5.13. The van der Waals surface area contributed by atoms with Gasteiger partial charge >= 0.3 is 17.1 Å². The number of rotatable bonds is 4. The first-order valence-electron chi connectivity index (χ1n) is 14.9. The summed E-state index contributed by atoms with van der Waals surface area (Å²) in [5, 5.41) is 22.4. The standard InChI is InChI=1S/C36H53N2O2.2ClH.Mn/c1-33(2,3)25-17-23(31(39)27(19-25)35(7,8)9)21-37-29-15-13-14-16-30(29)38-22-24-18-26(34(4,5)6)20-28(32(24)40)36(10,11)12;;;/h17-22,29,39-40H,13-16H2,1-12H3;2*1H;/q-1;;;+3/p-2/t29-;;;/m0.../s1. The Morgan fingerprint density at radius 2 is 1.07 bits per heavy atom. The molecule has 3 rings (SSSR count). The van der Waals surface area contributed by atoms with Gasteiger partial charge in [0.1, 0.15) is 11.5 Å². The third kappa shape index (κ3) is 10.5. The topological polar surface area (TPSA) is 65.2 Å². The molecule has 0 saturated heterocycles. The van der Waals surface area contributed by atoms with E-state index in [9.17, 15) is 10.2 Å².